The third-order valence-electron chi connectivity index (χ3n) is 2.98. The normalized spacial score (nSPS) is 13.3. The van der Waals surface area contributed by atoms with Crippen molar-refractivity contribution in [2.24, 2.45) is 0 Å². The maximum absolute atomic E-state index is 12.5. The Morgan fingerprint density at radius 1 is 1.29 bits per heavy atom. The lowest BCUT2D eigenvalue weighted by atomic mass is 10.1. The van der Waals surface area contributed by atoms with Crippen molar-refractivity contribution < 1.29 is 8.42 Å². The minimum Gasteiger partial charge on any atom is -0.315 e. The Kier molecular flexibility index (Phi) is 5.56. The molecule has 2 rings (SSSR count). The number of hydrogen-bond donors (Lipinski definition) is 2. The second-order valence-electron chi connectivity index (χ2n) is 4.63. The van der Waals surface area contributed by atoms with Crippen LogP contribution in [0.4, 0.5) is 0 Å². The molecule has 0 amide bonds. The van der Waals surface area contributed by atoms with Crippen molar-refractivity contribution in [2.45, 2.75) is 24.4 Å². The van der Waals surface area contributed by atoms with Crippen LogP contribution in [0.2, 0.25) is 0 Å². The first kappa shape index (κ1) is 16.6. The highest BCUT2D eigenvalue weighted by atomic mass is 79.9. The highest BCUT2D eigenvalue weighted by Gasteiger charge is 2.23. The molecule has 21 heavy (non-hydrogen) atoms. The number of sulfonamides is 1. The molecule has 0 saturated carbocycles. The fourth-order valence-electron chi connectivity index (χ4n) is 1.95. The number of halogens is 1. The van der Waals surface area contributed by atoms with Crippen LogP contribution in [-0.2, 0) is 16.6 Å². The lowest BCUT2D eigenvalue weighted by molar-refractivity contribution is 0.567. The lowest BCUT2D eigenvalue weighted by Crippen LogP contribution is -2.26. The van der Waals surface area contributed by atoms with E-state index < -0.39 is 10.0 Å². The van der Waals surface area contributed by atoms with Crippen LogP contribution in [0, 0.1) is 0 Å². The summed E-state index contributed by atoms with van der Waals surface area (Å²) in [5.41, 5.74) is 0.933. The van der Waals surface area contributed by atoms with Gasteiger partial charge in [0.05, 0.1) is 3.79 Å². The van der Waals surface area contributed by atoms with Gasteiger partial charge in [0.15, 0.2) is 0 Å². The quantitative estimate of drug-likeness (QED) is 0.797. The molecule has 0 aliphatic rings. The minimum atomic E-state index is -3.55. The Morgan fingerprint density at radius 3 is 2.57 bits per heavy atom. The zero-order valence-corrected chi connectivity index (χ0v) is 15.0. The van der Waals surface area contributed by atoms with E-state index in [9.17, 15) is 8.42 Å². The molecule has 0 bridgehead atoms. The van der Waals surface area contributed by atoms with Gasteiger partial charge in [0.2, 0.25) is 10.0 Å². The van der Waals surface area contributed by atoms with Gasteiger partial charge in [0.1, 0.15) is 4.90 Å². The Bertz CT molecular complexity index is 699. The first-order valence-electron chi connectivity index (χ1n) is 6.44. The Hall–Kier alpha value is -0.730. The van der Waals surface area contributed by atoms with Crippen LogP contribution in [0.15, 0.2) is 45.1 Å². The van der Waals surface area contributed by atoms with Crippen molar-refractivity contribution in [3.05, 3.63) is 50.6 Å². The Labute approximate surface area is 137 Å². The Balaban J connectivity index is 2.22. The highest BCUT2D eigenvalue weighted by molar-refractivity contribution is 9.11. The van der Waals surface area contributed by atoms with Crippen molar-refractivity contribution in [3.63, 3.8) is 0 Å². The topological polar surface area (TPSA) is 58.2 Å². The zero-order chi connectivity index (χ0) is 15.5. The van der Waals surface area contributed by atoms with E-state index in [0.717, 1.165) is 10.4 Å². The zero-order valence-electron chi connectivity index (χ0n) is 11.8. The van der Waals surface area contributed by atoms with Crippen LogP contribution < -0.4 is 10.0 Å². The number of nitrogens with one attached hydrogen (secondary N) is 2. The van der Waals surface area contributed by atoms with Crippen molar-refractivity contribution in [2.75, 3.05) is 7.05 Å². The standard InChI is InChI=1S/C14H17BrN2O2S2/c1-10(11-6-4-3-5-7-11)17-21(18,19)13-8-12(9-16-2)20-14(13)15/h3-8,10,16-17H,9H2,1-2H3. The molecule has 1 atom stereocenters. The van der Waals surface area contributed by atoms with Crippen LogP contribution >= 0.6 is 27.3 Å². The molecule has 0 spiro atoms. The SMILES string of the molecule is CNCc1cc(S(=O)(=O)NC(C)c2ccccc2)c(Br)s1. The van der Waals surface area contributed by atoms with Gasteiger partial charge in [-0.25, -0.2) is 13.1 Å². The summed E-state index contributed by atoms with van der Waals surface area (Å²) in [7, 11) is -1.72. The Morgan fingerprint density at radius 2 is 1.95 bits per heavy atom. The first-order valence-corrected chi connectivity index (χ1v) is 9.53. The van der Waals surface area contributed by atoms with E-state index in [2.05, 4.69) is 26.0 Å². The molecule has 0 saturated heterocycles. The van der Waals surface area contributed by atoms with Crippen LogP contribution in [-0.4, -0.2) is 15.5 Å². The van der Waals surface area contributed by atoms with Gasteiger partial charge < -0.3 is 5.32 Å². The van der Waals surface area contributed by atoms with E-state index in [1.807, 2.05) is 44.3 Å². The van der Waals surface area contributed by atoms with Gasteiger partial charge in [-0.15, -0.1) is 11.3 Å². The fourth-order valence-corrected chi connectivity index (χ4v) is 5.87. The van der Waals surface area contributed by atoms with Crippen molar-refractivity contribution in [1.29, 1.82) is 0 Å². The molecule has 1 aromatic heterocycles. The molecule has 0 fully saturated rings. The van der Waals surface area contributed by atoms with Gasteiger partial charge in [-0.1, -0.05) is 30.3 Å². The smallest absolute Gasteiger partial charge is 0.243 e. The largest absolute Gasteiger partial charge is 0.315 e. The van der Waals surface area contributed by atoms with Gasteiger partial charge in [0.25, 0.3) is 0 Å². The molecule has 1 unspecified atom stereocenters. The lowest BCUT2D eigenvalue weighted by Gasteiger charge is -2.14. The maximum atomic E-state index is 12.5. The molecule has 7 heteroatoms. The summed E-state index contributed by atoms with van der Waals surface area (Å²) < 4.78 is 28.3. The van der Waals surface area contributed by atoms with Crippen LogP contribution in [0.25, 0.3) is 0 Å². The van der Waals surface area contributed by atoms with E-state index in [1.165, 1.54) is 11.3 Å². The van der Waals surface area contributed by atoms with Gasteiger partial charge in [-0.3, -0.25) is 0 Å². The summed E-state index contributed by atoms with van der Waals surface area (Å²) >= 11 is 4.76. The summed E-state index contributed by atoms with van der Waals surface area (Å²) in [5, 5.41) is 3.02. The molecule has 0 radical (unpaired) electrons. The maximum Gasteiger partial charge on any atom is 0.243 e. The molecule has 4 nitrogen and oxygen atoms in total. The van der Waals surface area contributed by atoms with Crippen molar-refractivity contribution >= 4 is 37.3 Å². The highest BCUT2D eigenvalue weighted by Crippen LogP contribution is 2.32. The average molecular weight is 389 g/mol. The third-order valence-corrected chi connectivity index (χ3v) is 6.77. The monoisotopic (exact) mass is 388 g/mol. The molecule has 2 N–H and O–H groups in total. The second kappa shape index (κ2) is 7.02. The summed E-state index contributed by atoms with van der Waals surface area (Å²) in [6, 6.07) is 10.9. The molecule has 0 aliphatic heterocycles. The van der Waals surface area contributed by atoms with Gasteiger partial charge >= 0.3 is 0 Å². The summed E-state index contributed by atoms with van der Waals surface area (Å²) in [4.78, 5) is 1.26. The van der Waals surface area contributed by atoms with Gasteiger partial charge in [0, 0.05) is 17.5 Å². The van der Waals surface area contributed by atoms with Crippen LogP contribution in [0.5, 0.6) is 0 Å². The predicted octanol–water partition coefficient (Wildman–Crippen LogP) is 3.27. The van der Waals surface area contributed by atoms with Gasteiger partial charge in [-0.2, -0.15) is 0 Å². The van der Waals surface area contributed by atoms with Crippen LogP contribution in [0.3, 0.4) is 0 Å². The van der Waals surface area contributed by atoms with E-state index in [1.54, 1.807) is 6.07 Å². The molecule has 114 valence electrons. The third kappa shape index (κ3) is 4.14. The summed E-state index contributed by atoms with van der Waals surface area (Å²) in [6.07, 6.45) is 0. The average Bonchev–Trinajstić information content (AvgIpc) is 2.81. The van der Waals surface area contributed by atoms with Crippen molar-refractivity contribution in [3.8, 4) is 0 Å². The summed E-state index contributed by atoms with van der Waals surface area (Å²) in [6.45, 7) is 2.48. The summed E-state index contributed by atoms with van der Waals surface area (Å²) in [5.74, 6) is 0. The number of benzene rings is 1. The number of hydrogen-bond acceptors (Lipinski definition) is 4. The molecular formula is C14H17BrN2O2S2. The second-order valence-corrected chi connectivity index (χ2v) is 8.77. The van der Waals surface area contributed by atoms with E-state index in [4.69, 9.17) is 0 Å². The first-order chi connectivity index (χ1) is 9.94. The number of rotatable bonds is 6. The van der Waals surface area contributed by atoms with Crippen molar-refractivity contribution in [1.82, 2.24) is 10.0 Å². The molecule has 2 aromatic rings. The molecule has 0 aliphatic carbocycles. The minimum absolute atomic E-state index is 0.282. The molecular weight excluding hydrogens is 372 g/mol. The van der Waals surface area contributed by atoms with Crippen LogP contribution in [0.1, 0.15) is 23.4 Å². The predicted molar refractivity (Wildman–Crippen MR) is 90.0 cm³/mol. The number of thiophene rings is 1. The molecule has 1 aromatic carbocycles. The molecule has 1 heterocycles. The van der Waals surface area contributed by atoms with E-state index in [0.29, 0.717) is 15.2 Å². The van der Waals surface area contributed by atoms with Gasteiger partial charge in [-0.05, 0) is 41.5 Å². The van der Waals surface area contributed by atoms with E-state index >= 15 is 0 Å². The fraction of sp³-hybridized carbons (Fsp3) is 0.286. The van der Waals surface area contributed by atoms with E-state index in [-0.39, 0.29) is 6.04 Å².